The van der Waals surface area contributed by atoms with Crippen LogP contribution in [-0.2, 0) is 6.54 Å². The molecule has 27 heavy (non-hydrogen) atoms. The van der Waals surface area contributed by atoms with E-state index >= 15 is 0 Å². The summed E-state index contributed by atoms with van der Waals surface area (Å²) in [5.41, 5.74) is 3.54. The fourth-order valence-electron chi connectivity index (χ4n) is 2.58. The molecule has 0 saturated carbocycles. The van der Waals surface area contributed by atoms with E-state index in [-0.39, 0.29) is 17.4 Å². The topological polar surface area (TPSA) is 66.9 Å². The Labute approximate surface area is 161 Å². The molecule has 0 spiro atoms. The molecule has 0 aliphatic heterocycles. The molecule has 0 saturated heterocycles. The molecule has 5 nitrogen and oxygen atoms in total. The number of aromatic nitrogens is 2. The third-order valence-electron chi connectivity index (χ3n) is 3.94. The van der Waals surface area contributed by atoms with Gasteiger partial charge >= 0.3 is 0 Å². The number of anilines is 2. The molecule has 0 unspecified atom stereocenters. The zero-order valence-electron chi connectivity index (χ0n) is 14.9. The first kappa shape index (κ1) is 18.8. The van der Waals surface area contributed by atoms with Crippen LogP contribution < -0.4 is 10.6 Å². The minimum atomic E-state index is -0.388. The number of hydrogen-bond acceptors (Lipinski definition) is 4. The molecule has 2 N–H and O–H groups in total. The lowest BCUT2D eigenvalue weighted by Crippen LogP contribution is -2.15. The molecule has 7 heteroatoms. The lowest BCUT2D eigenvalue weighted by Gasteiger charge is -2.11. The predicted octanol–water partition coefficient (Wildman–Crippen LogP) is 4.75. The highest BCUT2D eigenvalue weighted by atomic mass is 35.5. The van der Waals surface area contributed by atoms with E-state index in [1.165, 1.54) is 24.5 Å². The first-order valence-corrected chi connectivity index (χ1v) is 8.68. The quantitative estimate of drug-likeness (QED) is 0.666. The Morgan fingerprint density at radius 1 is 1.11 bits per heavy atom. The van der Waals surface area contributed by atoms with Crippen molar-refractivity contribution in [1.82, 2.24) is 9.97 Å². The summed E-state index contributed by atoms with van der Waals surface area (Å²) in [5.74, 6) is -0.153. The zero-order valence-corrected chi connectivity index (χ0v) is 15.6. The van der Waals surface area contributed by atoms with Gasteiger partial charge in [0.25, 0.3) is 5.91 Å². The number of hydrogen-bond donors (Lipinski definition) is 2. The highest BCUT2D eigenvalue weighted by Crippen LogP contribution is 2.27. The maximum Gasteiger partial charge on any atom is 0.275 e. The van der Waals surface area contributed by atoms with Gasteiger partial charge in [0, 0.05) is 6.54 Å². The second kappa shape index (κ2) is 8.14. The fourth-order valence-corrected chi connectivity index (χ4v) is 2.95. The lowest BCUT2D eigenvalue weighted by atomic mass is 10.1. The van der Waals surface area contributed by atoms with Gasteiger partial charge in [0.15, 0.2) is 0 Å². The van der Waals surface area contributed by atoms with E-state index in [1.54, 1.807) is 18.2 Å². The van der Waals surface area contributed by atoms with E-state index in [0.717, 1.165) is 16.7 Å². The number of rotatable bonds is 5. The van der Waals surface area contributed by atoms with Gasteiger partial charge in [-0.15, -0.1) is 0 Å². The van der Waals surface area contributed by atoms with Crippen LogP contribution in [0.4, 0.5) is 15.9 Å². The van der Waals surface area contributed by atoms with E-state index < -0.39 is 0 Å². The Balaban J connectivity index is 1.64. The molecule has 138 valence electrons. The van der Waals surface area contributed by atoms with Crippen LogP contribution in [0.5, 0.6) is 0 Å². The molecule has 1 aromatic heterocycles. The number of carbonyl (C=O) groups excluding carboxylic acids is 1. The van der Waals surface area contributed by atoms with Gasteiger partial charge in [-0.3, -0.25) is 4.79 Å². The van der Waals surface area contributed by atoms with Crippen LogP contribution in [0.25, 0.3) is 0 Å². The van der Waals surface area contributed by atoms with Crippen molar-refractivity contribution in [1.29, 1.82) is 0 Å². The van der Waals surface area contributed by atoms with Crippen molar-refractivity contribution in [3.8, 4) is 0 Å². The highest BCUT2D eigenvalue weighted by Gasteiger charge is 2.13. The van der Waals surface area contributed by atoms with Gasteiger partial charge in [0.1, 0.15) is 17.3 Å². The summed E-state index contributed by atoms with van der Waals surface area (Å²) in [6.45, 7) is 4.29. The zero-order chi connectivity index (χ0) is 19.4. The van der Waals surface area contributed by atoms with E-state index in [2.05, 4.69) is 20.6 Å². The van der Waals surface area contributed by atoms with Gasteiger partial charge in [-0.2, -0.15) is 0 Å². The van der Waals surface area contributed by atoms with Crippen molar-refractivity contribution >= 4 is 29.0 Å². The molecule has 1 heterocycles. The van der Waals surface area contributed by atoms with Gasteiger partial charge in [-0.25, -0.2) is 14.4 Å². The predicted molar refractivity (Wildman–Crippen MR) is 105 cm³/mol. The van der Waals surface area contributed by atoms with Crippen LogP contribution in [0, 0.1) is 19.7 Å². The summed E-state index contributed by atoms with van der Waals surface area (Å²) >= 11 is 6.22. The largest absolute Gasteiger partial charge is 0.365 e. The van der Waals surface area contributed by atoms with Crippen molar-refractivity contribution in [3.63, 3.8) is 0 Å². The molecular weight excluding hydrogens is 367 g/mol. The highest BCUT2D eigenvalue weighted by molar-refractivity contribution is 6.34. The van der Waals surface area contributed by atoms with Crippen molar-refractivity contribution in [3.05, 3.63) is 82.0 Å². The van der Waals surface area contributed by atoms with E-state index in [9.17, 15) is 9.18 Å². The Morgan fingerprint density at radius 2 is 1.85 bits per heavy atom. The molecule has 0 fully saturated rings. The van der Waals surface area contributed by atoms with Crippen LogP contribution in [0.3, 0.4) is 0 Å². The average molecular weight is 385 g/mol. The fraction of sp³-hybridized carbons (Fsp3) is 0.150. The maximum absolute atomic E-state index is 12.9. The van der Waals surface area contributed by atoms with Gasteiger partial charge in [0.05, 0.1) is 23.1 Å². The third kappa shape index (κ3) is 4.80. The molecule has 0 aliphatic carbocycles. The number of halogens is 2. The Kier molecular flexibility index (Phi) is 5.66. The first-order chi connectivity index (χ1) is 12.9. The monoisotopic (exact) mass is 384 g/mol. The van der Waals surface area contributed by atoms with Crippen molar-refractivity contribution in [2.75, 3.05) is 10.6 Å². The number of amides is 1. The average Bonchev–Trinajstić information content (AvgIpc) is 2.64. The SMILES string of the molecule is Cc1cc(C)c(NC(=O)c2cnc(NCc3ccc(F)cc3)cn2)c(Cl)c1. The summed E-state index contributed by atoms with van der Waals surface area (Å²) in [6, 6.07) is 9.90. The minimum Gasteiger partial charge on any atom is -0.365 e. The molecule has 0 bridgehead atoms. The van der Waals surface area contributed by atoms with Crippen LogP contribution >= 0.6 is 11.6 Å². The molecule has 1 amide bonds. The molecular formula is C20H18ClFN4O. The number of nitrogens with one attached hydrogen (secondary N) is 2. The minimum absolute atomic E-state index is 0.179. The second-order valence-electron chi connectivity index (χ2n) is 6.16. The van der Waals surface area contributed by atoms with Gasteiger partial charge in [-0.1, -0.05) is 29.8 Å². The van der Waals surface area contributed by atoms with Crippen molar-refractivity contribution < 1.29 is 9.18 Å². The van der Waals surface area contributed by atoms with E-state index in [4.69, 9.17) is 11.6 Å². The van der Waals surface area contributed by atoms with Crippen LogP contribution in [0.15, 0.2) is 48.8 Å². The molecule has 2 aromatic carbocycles. The van der Waals surface area contributed by atoms with Gasteiger partial charge in [-0.05, 0) is 48.7 Å². The molecule has 0 atom stereocenters. The van der Waals surface area contributed by atoms with Gasteiger partial charge in [0.2, 0.25) is 0 Å². The molecule has 3 rings (SSSR count). The number of nitrogens with zero attached hydrogens (tertiary/aromatic N) is 2. The summed E-state index contributed by atoms with van der Waals surface area (Å²) in [7, 11) is 0. The summed E-state index contributed by atoms with van der Waals surface area (Å²) in [4.78, 5) is 20.7. The van der Waals surface area contributed by atoms with Crippen LogP contribution in [-0.4, -0.2) is 15.9 Å². The van der Waals surface area contributed by atoms with Crippen molar-refractivity contribution in [2.45, 2.75) is 20.4 Å². The Hall–Kier alpha value is -2.99. The lowest BCUT2D eigenvalue weighted by molar-refractivity contribution is 0.102. The molecule has 0 aliphatic rings. The standard InChI is InChI=1S/C20H18ClFN4O/c1-12-7-13(2)19(16(21)8-12)26-20(27)17-10-25-18(11-23-17)24-9-14-3-5-15(22)6-4-14/h3-8,10-11H,9H2,1-2H3,(H,24,25)(H,26,27). The smallest absolute Gasteiger partial charge is 0.275 e. The second-order valence-corrected chi connectivity index (χ2v) is 6.57. The third-order valence-corrected chi connectivity index (χ3v) is 4.24. The molecule has 3 aromatic rings. The van der Waals surface area contributed by atoms with E-state index in [1.807, 2.05) is 19.9 Å². The maximum atomic E-state index is 12.9. The summed E-state index contributed by atoms with van der Waals surface area (Å²) < 4.78 is 12.9. The molecule has 0 radical (unpaired) electrons. The Morgan fingerprint density at radius 3 is 2.48 bits per heavy atom. The normalized spacial score (nSPS) is 10.5. The van der Waals surface area contributed by atoms with E-state index in [0.29, 0.717) is 23.1 Å². The number of carbonyl (C=O) groups is 1. The van der Waals surface area contributed by atoms with Gasteiger partial charge < -0.3 is 10.6 Å². The van der Waals surface area contributed by atoms with Crippen molar-refractivity contribution in [2.24, 2.45) is 0 Å². The summed E-state index contributed by atoms with van der Waals surface area (Å²) in [5, 5.41) is 6.33. The van der Waals surface area contributed by atoms with Crippen LogP contribution in [0.2, 0.25) is 5.02 Å². The summed E-state index contributed by atoms with van der Waals surface area (Å²) in [6.07, 6.45) is 2.86. The first-order valence-electron chi connectivity index (χ1n) is 8.31. The number of benzene rings is 2. The van der Waals surface area contributed by atoms with Crippen LogP contribution in [0.1, 0.15) is 27.2 Å². The Bertz CT molecular complexity index is 936. The number of aryl methyl sites for hydroxylation is 2.